The molecule has 0 unspecified atom stereocenters. The Labute approximate surface area is 359 Å². The van der Waals surface area contributed by atoms with Crippen LogP contribution in [-0.2, 0) is 0 Å². The van der Waals surface area contributed by atoms with E-state index in [2.05, 4.69) is 228 Å². The molecule has 4 nitrogen and oxygen atoms in total. The van der Waals surface area contributed by atoms with E-state index in [-0.39, 0.29) is 0 Å². The zero-order valence-electron chi connectivity index (χ0n) is 33.7. The average Bonchev–Trinajstić information content (AvgIpc) is 3.87. The first-order chi connectivity index (χ1) is 30.8. The van der Waals surface area contributed by atoms with Gasteiger partial charge in [-0.3, -0.25) is 0 Å². The Morgan fingerprint density at radius 2 is 0.694 bits per heavy atom. The topological polar surface area (TPSA) is 35.6 Å². The first-order valence-corrected chi connectivity index (χ1v) is 21.1. The van der Waals surface area contributed by atoms with E-state index in [0.717, 1.165) is 72.7 Å². The van der Waals surface area contributed by atoms with Gasteiger partial charge in [0.2, 0.25) is 0 Å². The standard InChI is InChI=1S/C58H38N4/c1-5-20-39(21-6-1)47-36-43(58-59-49(41-24-9-3-10-25-41)38-50(60-58)42-26-11-4-12-27-42)37-48(40-22-7-2-8-23-40)57(47)62-53-33-18-15-30-46(53)56-54(34-19-35-55(56)62)61-51-31-16-13-28-44(51)45-29-14-17-32-52(45)61/h1-38H. The van der Waals surface area contributed by atoms with Gasteiger partial charge in [0.25, 0.3) is 0 Å². The molecule has 0 aliphatic rings. The maximum absolute atomic E-state index is 5.33. The first-order valence-electron chi connectivity index (χ1n) is 21.1. The van der Waals surface area contributed by atoms with Gasteiger partial charge in [-0.25, -0.2) is 9.97 Å². The van der Waals surface area contributed by atoms with Crippen molar-refractivity contribution in [2.45, 2.75) is 0 Å². The molecule has 12 aromatic rings. The second-order valence-corrected chi connectivity index (χ2v) is 15.7. The fraction of sp³-hybridized carbons (Fsp3) is 0. The number of nitrogens with zero attached hydrogens (tertiary/aromatic N) is 4. The summed E-state index contributed by atoms with van der Waals surface area (Å²) in [4.78, 5) is 10.7. The van der Waals surface area contributed by atoms with Gasteiger partial charge in [0.15, 0.2) is 5.82 Å². The van der Waals surface area contributed by atoms with Crippen molar-refractivity contribution >= 4 is 43.6 Å². The summed E-state index contributed by atoms with van der Waals surface area (Å²) in [6.07, 6.45) is 0. The van der Waals surface area contributed by atoms with Crippen molar-refractivity contribution < 1.29 is 0 Å². The Balaban J connectivity index is 1.20. The summed E-state index contributed by atoms with van der Waals surface area (Å²) in [5.41, 5.74) is 16.0. The third kappa shape index (κ3) is 5.84. The van der Waals surface area contributed by atoms with E-state index in [4.69, 9.17) is 9.97 Å². The number of aromatic nitrogens is 4. The molecular weight excluding hydrogens is 753 g/mol. The minimum Gasteiger partial charge on any atom is -0.309 e. The van der Waals surface area contributed by atoms with Crippen LogP contribution >= 0.6 is 0 Å². The van der Waals surface area contributed by atoms with Crippen LogP contribution in [0.4, 0.5) is 0 Å². The van der Waals surface area contributed by atoms with Crippen LogP contribution in [0.15, 0.2) is 231 Å². The third-order valence-corrected chi connectivity index (χ3v) is 12.1. The lowest BCUT2D eigenvalue weighted by atomic mass is 9.92. The molecule has 0 bridgehead atoms. The van der Waals surface area contributed by atoms with E-state index in [9.17, 15) is 0 Å². The highest BCUT2D eigenvalue weighted by molar-refractivity contribution is 6.17. The van der Waals surface area contributed by atoms with Crippen molar-refractivity contribution in [1.82, 2.24) is 19.1 Å². The summed E-state index contributed by atoms with van der Waals surface area (Å²) in [6.45, 7) is 0. The largest absolute Gasteiger partial charge is 0.309 e. The second-order valence-electron chi connectivity index (χ2n) is 15.7. The van der Waals surface area contributed by atoms with Crippen LogP contribution in [0.25, 0.3) is 111 Å². The van der Waals surface area contributed by atoms with Crippen LogP contribution in [-0.4, -0.2) is 19.1 Å². The van der Waals surface area contributed by atoms with Crippen LogP contribution < -0.4 is 0 Å². The molecule has 9 aromatic carbocycles. The Kier molecular flexibility index (Phi) is 8.46. The minimum absolute atomic E-state index is 0.669. The fourth-order valence-electron chi connectivity index (χ4n) is 9.38. The summed E-state index contributed by atoms with van der Waals surface area (Å²) >= 11 is 0. The second kappa shape index (κ2) is 14.7. The molecule has 62 heavy (non-hydrogen) atoms. The molecule has 0 N–H and O–H groups in total. The molecule has 12 rings (SSSR count). The maximum atomic E-state index is 5.33. The SMILES string of the molecule is c1ccc(-c2cc(-c3ccccc3)nc(-c3cc(-c4ccccc4)c(-n4c5ccccc5c5c(-n6c7ccccc7c7ccccc76)cccc54)c(-c4ccccc4)c3)n2)cc1. The van der Waals surface area contributed by atoms with Gasteiger partial charge < -0.3 is 9.13 Å². The highest BCUT2D eigenvalue weighted by Crippen LogP contribution is 2.46. The van der Waals surface area contributed by atoms with Crippen molar-refractivity contribution in [3.05, 3.63) is 231 Å². The molecule has 0 radical (unpaired) electrons. The van der Waals surface area contributed by atoms with Crippen LogP contribution in [0, 0.1) is 0 Å². The molecule has 3 heterocycles. The van der Waals surface area contributed by atoms with Crippen LogP contribution in [0.5, 0.6) is 0 Å². The molecule has 0 amide bonds. The van der Waals surface area contributed by atoms with Gasteiger partial charge in [0.05, 0.1) is 44.8 Å². The number of fused-ring (bicyclic) bond motifs is 6. The third-order valence-electron chi connectivity index (χ3n) is 12.1. The lowest BCUT2D eigenvalue weighted by Gasteiger charge is -2.21. The van der Waals surface area contributed by atoms with Gasteiger partial charge in [-0.1, -0.05) is 182 Å². The highest BCUT2D eigenvalue weighted by atomic mass is 15.0. The van der Waals surface area contributed by atoms with E-state index in [1.807, 2.05) is 12.1 Å². The van der Waals surface area contributed by atoms with E-state index in [1.165, 1.54) is 32.6 Å². The van der Waals surface area contributed by atoms with Crippen LogP contribution in [0.3, 0.4) is 0 Å². The molecule has 0 fully saturated rings. The van der Waals surface area contributed by atoms with Crippen molar-refractivity contribution in [3.63, 3.8) is 0 Å². The summed E-state index contributed by atoms with van der Waals surface area (Å²) in [6, 6.07) is 82.2. The number of benzene rings is 9. The molecule has 0 aliphatic carbocycles. The normalized spacial score (nSPS) is 11.5. The molecule has 0 spiro atoms. The Morgan fingerprint density at radius 1 is 0.290 bits per heavy atom. The first kappa shape index (κ1) is 35.6. The van der Waals surface area contributed by atoms with Crippen molar-refractivity contribution in [2.24, 2.45) is 0 Å². The van der Waals surface area contributed by atoms with Gasteiger partial charge >= 0.3 is 0 Å². The number of rotatable bonds is 7. The highest BCUT2D eigenvalue weighted by Gasteiger charge is 2.25. The van der Waals surface area contributed by atoms with Gasteiger partial charge in [-0.05, 0) is 59.7 Å². The van der Waals surface area contributed by atoms with E-state index in [1.54, 1.807) is 0 Å². The molecule has 290 valence electrons. The molecule has 0 saturated heterocycles. The van der Waals surface area contributed by atoms with Gasteiger partial charge in [0.1, 0.15) is 0 Å². The smallest absolute Gasteiger partial charge is 0.160 e. The lowest BCUT2D eigenvalue weighted by molar-refractivity contribution is 1.16. The Bertz CT molecular complexity index is 3440. The summed E-state index contributed by atoms with van der Waals surface area (Å²) in [7, 11) is 0. The molecule has 0 atom stereocenters. The number of hydrogen-bond acceptors (Lipinski definition) is 2. The molecule has 4 heteroatoms. The maximum Gasteiger partial charge on any atom is 0.160 e. The average molecular weight is 791 g/mol. The minimum atomic E-state index is 0.669. The zero-order valence-corrected chi connectivity index (χ0v) is 33.7. The monoisotopic (exact) mass is 790 g/mol. The zero-order chi connectivity index (χ0) is 41.0. The van der Waals surface area contributed by atoms with Crippen LogP contribution in [0.2, 0.25) is 0 Å². The fourth-order valence-corrected chi connectivity index (χ4v) is 9.38. The number of para-hydroxylation sites is 3. The molecule has 3 aromatic heterocycles. The summed E-state index contributed by atoms with van der Waals surface area (Å²) in [5, 5.41) is 4.87. The molecule has 0 saturated carbocycles. The summed E-state index contributed by atoms with van der Waals surface area (Å²) in [5.74, 6) is 0.669. The van der Waals surface area contributed by atoms with E-state index >= 15 is 0 Å². The summed E-state index contributed by atoms with van der Waals surface area (Å²) < 4.78 is 4.94. The van der Waals surface area contributed by atoms with Crippen LogP contribution in [0.1, 0.15) is 0 Å². The molecular formula is C58H38N4. The predicted molar refractivity (Wildman–Crippen MR) is 258 cm³/mol. The van der Waals surface area contributed by atoms with Gasteiger partial charge in [-0.2, -0.15) is 0 Å². The van der Waals surface area contributed by atoms with Crippen molar-refractivity contribution in [2.75, 3.05) is 0 Å². The van der Waals surface area contributed by atoms with E-state index < -0.39 is 0 Å². The quantitative estimate of drug-likeness (QED) is 0.161. The van der Waals surface area contributed by atoms with Crippen molar-refractivity contribution in [3.8, 4) is 67.5 Å². The predicted octanol–water partition coefficient (Wildman–Crippen LogP) is 15.0. The van der Waals surface area contributed by atoms with Gasteiger partial charge in [0, 0.05) is 49.4 Å². The van der Waals surface area contributed by atoms with E-state index in [0.29, 0.717) is 5.82 Å². The lowest BCUT2D eigenvalue weighted by Crippen LogP contribution is -2.03. The Morgan fingerprint density at radius 3 is 1.19 bits per heavy atom. The Hall–Kier alpha value is -8.34. The molecule has 0 aliphatic heterocycles. The number of hydrogen-bond donors (Lipinski definition) is 0. The van der Waals surface area contributed by atoms with Crippen molar-refractivity contribution in [1.29, 1.82) is 0 Å². The van der Waals surface area contributed by atoms with Gasteiger partial charge in [-0.15, -0.1) is 0 Å².